The van der Waals surface area contributed by atoms with Crippen LogP contribution in [0.3, 0.4) is 0 Å². The highest BCUT2D eigenvalue weighted by atomic mass is 32.1. The Balaban J connectivity index is 1.61. The van der Waals surface area contributed by atoms with Crippen molar-refractivity contribution in [3.8, 4) is 0 Å². The van der Waals surface area contributed by atoms with E-state index in [9.17, 15) is 14.4 Å². The van der Waals surface area contributed by atoms with Crippen LogP contribution >= 0.6 is 11.3 Å². The SMILES string of the molecule is CCOC(=O)c1c(C2CC2)csc1NC(=O)COC(=O)c1ccc(CO)cc1. The van der Waals surface area contributed by atoms with Crippen molar-refractivity contribution in [3.05, 3.63) is 51.9 Å². The van der Waals surface area contributed by atoms with Crippen molar-refractivity contribution in [2.24, 2.45) is 0 Å². The minimum absolute atomic E-state index is 0.121. The molecule has 3 rings (SSSR count). The molecule has 0 aliphatic heterocycles. The summed E-state index contributed by atoms with van der Waals surface area (Å²) in [4.78, 5) is 36.5. The summed E-state index contributed by atoms with van der Waals surface area (Å²) in [6.45, 7) is 1.38. The highest BCUT2D eigenvalue weighted by Crippen LogP contribution is 2.46. The fourth-order valence-corrected chi connectivity index (χ4v) is 3.74. The van der Waals surface area contributed by atoms with E-state index in [0.717, 1.165) is 18.4 Å². The van der Waals surface area contributed by atoms with E-state index in [4.69, 9.17) is 14.6 Å². The molecule has 1 saturated carbocycles. The van der Waals surface area contributed by atoms with Crippen LogP contribution in [0.5, 0.6) is 0 Å². The van der Waals surface area contributed by atoms with Crippen LogP contribution in [0.4, 0.5) is 5.00 Å². The zero-order chi connectivity index (χ0) is 20.1. The molecular weight excluding hydrogens is 382 g/mol. The molecule has 1 aromatic carbocycles. The molecule has 0 atom stereocenters. The Bertz CT molecular complexity index is 869. The largest absolute Gasteiger partial charge is 0.462 e. The van der Waals surface area contributed by atoms with Crippen molar-refractivity contribution in [1.82, 2.24) is 0 Å². The molecule has 148 valence electrons. The molecule has 0 radical (unpaired) electrons. The molecule has 0 saturated heterocycles. The molecule has 1 fully saturated rings. The number of carbonyl (C=O) groups excluding carboxylic acids is 3. The Morgan fingerprint density at radius 2 is 1.86 bits per heavy atom. The van der Waals surface area contributed by atoms with Gasteiger partial charge in [0, 0.05) is 0 Å². The first-order valence-corrected chi connectivity index (χ1v) is 9.86. The third-order valence-electron chi connectivity index (χ3n) is 4.28. The Hall–Kier alpha value is -2.71. The second kappa shape index (κ2) is 8.99. The number of hydrogen-bond acceptors (Lipinski definition) is 7. The standard InChI is InChI=1S/C20H21NO6S/c1-2-26-20(25)17-15(13-7-8-13)11-28-18(17)21-16(23)10-27-19(24)14-5-3-12(9-22)4-6-14/h3-6,11,13,22H,2,7-10H2,1H3,(H,21,23). The molecule has 0 spiro atoms. The zero-order valence-electron chi connectivity index (χ0n) is 15.4. The van der Waals surface area contributed by atoms with Gasteiger partial charge in [0.15, 0.2) is 6.61 Å². The van der Waals surface area contributed by atoms with Crippen molar-refractivity contribution in [3.63, 3.8) is 0 Å². The molecule has 28 heavy (non-hydrogen) atoms. The molecule has 0 unspecified atom stereocenters. The maximum atomic E-state index is 12.3. The van der Waals surface area contributed by atoms with Gasteiger partial charge in [0.1, 0.15) is 5.00 Å². The van der Waals surface area contributed by atoms with Crippen LogP contribution in [0.2, 0.25) is 0 Å². The maximum Gasteiger partial charge on any atom is 0.341 e. The molecule has 0 bridgehead atoms. The number of amides is 1. The van der Waals surface area contributed by atoms with Gasteiger partial charge in [-0.1, -0.05) is 12.1 Å². The van der Waals surface area contributed by atoms with E-state index >= 15 is 0 Å². The second-order valence-electron chi connectivity index (χ2n) is 6.37. The smallest absolute Gasteiger partial charge is 0.341 e. The number of anilines is 1. The lowest BCUT2D eigenvalue weighted by atomic mass is 10.1. The molecule has 2 N–H and O–H groups in total. The molecule has 1 heterocycles. The fraction of sp³-hybridized carbons (Fsp3) is 0.350. The lowest BCUT2D eigenvalue weighted by molar-refractivity contribution is -0.119. The average Bonchev–Trinajstić information content (AvgIpc) is 3.46. The first kappa shape index (κ1) is 20.0. The Morgan fingerprint density at radius 3 is 2.46 bits per heavy atom. The third kappa shape index (κ3) is 4.76. The van der Waals surface area contributed by atoms with Gasteiger partial charge in [-0.3, -0.25) is 4.79 Å². The van der Waals surface area contributed by atoms with Gasteiger partial charge in [0.25, 0.3) is 5.91 Å². The number of carbonyl (C=O) groups is 3. The summed E-state index contributed by atoms with van der Waals surface area (Å²) < 4.78 is 10.1. The average molecular weight is 403 g/mol. The van der Waals surface area contributed by atoms with Crippen molar-refractivity contribution < 1.29 is 29.0 Å². The van der Waals surface area contributed by atoms with Crippen LogP contribution in [0.25, 0.3) is 0 Å². The van der Waals surface area contributed by atoms with Gasteiger partial charge in [-0.05, 0) is 54.3 Å². The summed E-state index contributed by atoms with van der Waals surface area (Å²) in [7, 11) is 0. The Kier molecular flexibility index (Phi) is 6.43. The van der Waals surface area contributed by atoms with Gasteiger partial charge in [-0.15, -0.1) is 11.3 Å². The van der Waals surface area contributed by atoms with Crippen LogP contribution in [0.15, 0.2) is 29.6 Å². The first-order valence-electron chi connectivity index (χ1n) is 8.98. The van der Waals surface area contributed by atoms with Gasteiger partial charge in [0.2, 0.25) is 0 Å². The number of ether oxygens (including phenoxy) is 2. The molecule has 2 aromatic rings. The fourth-order valence-electron chi connectivity index (χ4n) is 2.70. The minimum atomic E-state index is -0.643. The first-order chi connectivity index (χ1) is 13.5. The lowest BCUT2D eigenvalue weighted by Gasteiger charge is -2.09. The number of benzene rings is 1. The number of nitrogens with one attached hydrogen (secondary N) is 1. The van der Waals surface area contributed by atoms with E-state index in [0.29, 0.717) is 22.0 Å². The zero-order valence-corrected chi connectivity index (χ0v) is 16.2. The summed E-state index contributed by atoms with van der Waals surface area (Å²) in [6.07, 6.45) is 2.03. The number of rotatable bonds is 8. The van der Waals surface area contributed by atoms with E-state index < -0.39 is 24.5 Å². The molecule has 1 aromatic heterocycles. The Labute approximate surface area is 166 Å². The van der Waals surface area contributed by atoms with E-state index in [1.54, 1.807) is 19.1 Å². The number of thiophene rings is 1. The normalized spacial score (nSPS) is 13.1. The van der Waals surface area contributed by atoms with Gasteiger partial charge < -0.3 is 19.9 Å². The van der Waals surface area contributed by atoms with Crippen LogP contribution in [-0.2, 0) is 20.9 Å². The molecular formula is C20H21NO6S. The van der Waals surface area contributed by atoms with Crippen LogP contribution in [-0.4, -0.2) is 36.2 Å². The number of aliphatic hydroxyl groups excluding tert-OH is 1. The molecule has 1 aliphatic rings. The lowest BCUT2D eigenvalue weighted by Crippen LogP contribution is -2.22. The molecule has 1 amide bonds. The van der Waals surface area contributed by atoms with Crippen LogP contribution < -0.4 is 5.32 Å². The van der Waals surface area contributed by atoms with Gasteiger partial charge in [-0.2, -0.15) is 0 Å². The molecule has 1 aliphatic carbocycles. The summed E-state index contributed by atoms with van der Waals surface area (Å²) in [6, 6.07) is 6.25. The number of esters is 2. The quantitative estimate of drug-likeness (QED) is 0.657. The highest BCUT2D eigenvalue weighted by Gasteiger charge is 2.32. The van der Waals surface area contributed by atoms with E-state index in [2.05, 4.69) is 5.32 Å². The molecule has 7 nitrogen and oxygen atoms in total. The van der Waals surface area contributed by atoms with Gasteiger partial charge in [0.05, 0.1) is 24.3 Å². The predicted molar refractivity (Wildman–Crippen MR) is 104 cm³/mol. The van der Waals surface area contributed by atoms with E-state index in [1.165, 1.54) is 23.5 Å². The van der Waals surface area contributed by atoms with Gasteiger partial charge in [-0.25, -0.2) is 9.59 Å². The molecule has 8 heteroatoms. The van der Waals surface area contributed by atoms with Crippen molar-refractivity contribution in [2.45, 2.75) is 32.3 Å². The predicted octanol–water partition coefficient (Wildman–Crippen LogP) is 3.09. The minimum Gasteiger partial charge on any atom is -0.462 e. The monoisotopic (exact) mass is 403 g/mol. The highest BCUT2D eigenvalue weighted by molar-refractivity contribution is 7.15. The van der Waals surface area contributed by atoms with Crippen molar-refractivity contribution in [1.29, 1.82) is 0 Å². The summed E-state index contributed by atoms with van der Waals surface area (Å²) >= 11 is 1.26. The summed E-state index contributed by atoms with van der Waals surface area (Å²) in [5.41, 5.74) is 2.25. The Morgan fingerprint density at radius 1 is 1.14 bits per heavy atom. The van der Waals surface area contributed by atoms with Crippen LogP contribution in [0, 0.1) is 0 Å². The summed E-state index contributed by atoms with van der Waals surface area (Å²) in [5, 5.41) is 13.9. The van der Waals surface area contributed by atoms with Crippen molar-refractivity contribution in [2.75, 3.05) is 18.5 Å². The van der Waals surface area contributed by atoms with E-state index in [1.807, 2.05) is 5.38 Å². The topological polar surface area (TPSA) is 102 Å². The van der Waals surface area contributed by atoms with E-state index in [-0.39, 0.29) is 18.8 Å². The summed E-state index contributed by atoms with van der Waals surface area (Å²) in [5.74, 6) is -1.30. The second-order valence-corrected chi connectivity index (χ2v) is 7.25. The maximum absolute atomic E-state index is 12.3. The van der Waals surface area contributed by atoms with Gasteiger partial charge >= 0.3 is 11.9 Å². The number of hydrogen-bond donors (Lipinski definition) is 2. The van der Waals surface area contributed by atoms with Crippen molar-refractivity contribution >= 4 is 34.2 Å². The number of aliphatic hydroxyl groups is 1. The third-order valence-corrected chi connectivity index (χ3v) is 5.19. The van der Waals surface area contributed by atoms with Crippen LogP contribution in [0.1, 0.15) is 57.5 Å².